The molecule has 2 aromatic carbocycles. The van der Waals surface area contributed by atoms with E-state index in [9.17, 15) is 15.0 Å². The highest BCUT2D eigenvalue weighted by atomic mass is 16.5. The van der Waals surface area contributed by atoms with Gasteiger partial charge in [-0.05, 0) is 49.6 Å². The topological polar surface area (TPSA) is 91.3 Å². The minimum absolute atomic E-state index is 0.192. The second kappa shape index (κ2) is 9.10. The van der Waals surface area contributed by atoms with Gasteiger partial charge < -0.3 is 29.9 Å². The number of nitrogens with zero attached hydrogens (tertiary/aromatic N) is 1. The molecule has 172 valence electrons. The van der Waals surface area contributed by atoms with Gasteiger partial charge in [0.25, 0.3) is 0 Å². The number of likely N-dealkylation sites (tertiary alicyclic amines) is 1. The summed E-state index contributed by atoms with van der Waals surface area (Å²) in [5, 5.41) is 24.3. The fraction of sp³-hybridized carbons (Fsp3) is 0.480. The van der Waals surface area contributed by atoms with Gasteiger partial charge in [0.1, 0.15) is 17.1 Å². The molecule has 1 saturated heterocycles. The minimum atomic E-state index is -0.691. The average Bonchev–Trinajstić information content (AvgIpc) is 2.76. The molecule has 4 rings (SSSR count). The predicted octanol–water partition coefficient (Wildman–Crippen LogP) is 3.35. The van der Waals surface area contributed by atoms with Gasteiger partial charge in [-0.3, -0.25) is 4.79 Å². The van der Waals surface area contributed by atoms with Crippen LogP contribution in [0.4, 0.5) is 5.69 Å². The van der Waals surface area contributed by atoms with Crippen molar-refractivity contribution in [3.63, 3.8) is 0 Å². The Bertz CT molecular complexity index is 984. The number of carbonyl (C=O) groups is 1. The molecule has 7 heteroatoms. The predicted molar refractivity (Wildman–Crippen MR) is 122 cm³/mol. The third-order valence-corrected chi connectivity index (χ3v) is 6.53. The van der Waals surface area contributed by atoms with Gasteiger partial charge in [0.2, 0.25) is 5.91 Å². The van der Waals surface area contributed by atoms with Crippen LogP contribution >= 0.6 is 0 Å². The lowest BCUT2D eigenvalue weighted by Gasteiger charge is -2.46. The van der Waals surface area contributed by atoms with Crippen LogP contribution in [0.3, 0.4) is 0 Å². The zero-order valence-electron chi connectivity index (χ0n) is 18.9. The number of methoxy groups -OCH3 is 1. The molecule has 1 fully saturated rings. The highest BCUT2D eigenvalue weighted by Gasteiger charge is 2.43. The van der Waals surface area contributed by atoms with Crippen molar-refractivity contribution in [3.8, 4) is 11.5 Å². The van der Waals surface area contributed by atoms with Gasteiger partial charge >= 0.3 is 0 Å². The Labute approximate surface area is 189 Å². The maximum atomic E-state index is 11.5. The molecule has 2 aliphatic heterocycles. The van der Waals surface area contributed by atoms with Crippen molar-refractivity contribution in [2.24, 2.45) is 0 Å². The smallest absolute Gasteiger partial charge is 0.221 e. The van der Waals surface area contributed by atoms with Crippen molar-refractivity contribution in [2.45, 2.75) is 50.9 Å². The summed E-state index contributed by atoms with van der Waals surface area (Å²) in [5.41, 5.74) is 2.91. The second-order valence-electron chi connectivity index (χ2n) is 9.00. The molecular weight excluding hydrogens is 408 g/mol. The van der Waals surface area contributed by atoms with E-state index in [0.29, 0.717) is 24.4 Å². The molecule has 2 aromatic rings. The molecule has 0 radical (unpaired) electrons. The summed E-state index contributed by atoms with van der Waals surface area (Å²) in [5.74, 6) is 1.15. The highest BCUT2D eigenvalue weighted by molar-refractivity contribution is 5.90. The normalized spacial score (nSPS) is 20.8. The molecular formula is C25H32N2O5. The average molecular weight is 441 g/mol. The van der Waals surface area contributed by atoms with Crippen LogP contribution in [-0.2, 0) is 4.79 Å². The summed E-state index contributed by atoms with van der Waals surface area (Å²) in [4.78, 5) is 13.7. The minimum Gasteiger partial charge on any atom is -0.495 e. The van der Waals surface area contributed by atoms with Crippen LogP contribution in [0, 0.1) is 6.92 Å². The van der Waals surface area contributed by atoms with E-state index in [1.165, 1.54) is 6.92 Å². The Balaban J connectivity index is 1.39. The molecule has 0 aromatic heterocycles. The maximum Gasteiger partial charge on any atom is 0.221 e. The van der Waals surface area contributed by atoms with Gasteiger partial charge in [0.15, 0.2) is 0 Å². The first-order valence-corrected chi connectivity index (χ1v) is 11.1. The van der Waals surface area contributed by atoms with E-state index in [1.807, 2.05) is 31.2 Å². The van der Waals surface area contributed by atoms with Crippen molar-refractivity contribution < 1.29 is 24.5 Å². The fourth-order valence-electron chi connectivity index (χ4n) is 4.78. The van der Waals surface area contributed by atoms with E-state index in [2.05, 4.69) is 10.2 Å². The van der Waals surface area contributed by atoms with E-state index < -0.39 is 12.2 Å². The number of fused-ring (bicyclic) bond motifs is 1. The highest BCUT2D eigenvalue weighted by Crippen LogP contribution is 2.44. The van der Waals surface area contributed by atoms with Crippen LogP contribution in [0.2, 0.25) is 0 Å². The molecule has 2 heterocycles. The molecule has 1 amide bonds. The van der Waals surface area contributed by atoms with Gasteiger partial charge in [-0.25, -0.2) is 0 Å². The molecule has 32 heavy (non-hydrogen) atoms. The molecule has 2 atom stereocenters. The molecule has 0 aliphatic carbocycles. The van der Waals surface area contributed by atoms with Gasteiger partial charge in [-0.1, -0.05) is 17.7 Å². The van der Waals surface area contributed by atoms with Gasteiger partial charge in [-0.2, -0.15) is 0 Å². The van der Waals surface area contributed by atoms with Crippen LogP contribution < -0.4 is 14.8 Å². The zero-order valence-corrected chi connectivity index (χ0v) is 18.9. The Kier molecular flexibility index (Phi) is 6.42. The fourth-order valence-corrected chi connectivity index (χ4v) is 4.78. The number of hydrogen-bond donors (Lipinski definition) is 3. The summed E-state index contributed by atoms with van der Waals surface area (Å²) < 4.78 is 11.7. The summed E-state index contributed by atoms with van der Waals surface area (Å²) in [6.45, 7) is 5.50. The standard InChI is InChI=1S/C25H32N2O5/c1-16-4-6-23-19(12-16)21(29)14-25(32-23)8-10-27(11-9-25)15-22(30)18-5-7-24(31-3)20(13-18)26-17(2)28/h4-7,12-13,21-22,29-30H,8-11,14-15H2,1-3H3,(H,26,28)/t21-,22-/m0/s1. The Hall–Kier alpha value is -2.61. The van der Waals surface area contributed by atoms with Crippen molar-refractivity contribution in [1.82, 2.24) is 4.90 Å². The number of carbonyl (C=O) groups excluding carboxylic acids is 1. The van der Waals surface area contributed by atoms with Gasteiger partial charge in [0, 0.05) is 38.5 Å². The number of hydrogen-bond acceptors (Lipinski definition) is 6. The summed E-state index contributed by atoms with van der Waals surface area (Å²) in [6, 6.07) is 11.3. The molecule has 2 aliphatic rings. The van der Waals surface area contributed by atoms with E-state index in [4.69, 9.17) is 9.47 Å². The summed E-state index contributed by atoms with van der Waals surface area (Å²) in [7, 11) is 1.55. The van der Waals surface area contributed by atoms with Gasteiger partial charge in [-0.15, -0.1) is 0 Å². The van der Waals surface area contributed by atoms with E-state index in [0.717, 1.165) is 48.4 Å². The molecule has 3 N–H and O–H groups in total. The summed E-state index contributed by atoms with van der Waals surface area (Å²) >= 11 is 0. The molecule has 1 spiro atoms. The van der Waals surface area contributed by atoms with Crippen molar-refractivity contribution >= 4 is 11.6 Å². The van der Waals surface area contributed by atoms with Gasteiger partial charge in [0.05, 0.1) is 25.0 Å². The monoisotopic (exact) mass is 440 g/mol. The van der Waals surface area contributed by atoms with Crippen molar-refractivity contribution in [1.29, 1.82) is 0 Å². The first-order chi connectivity index (χ1) is 15.3. The lowest BCUT2D eigenvalue weighted by molar-refractivity contribution is -0.114. The maximum absolute atomic E-state index is 11.5. The molecule has 7 nitrogen and oxygen atoms in total. The number of nitrogens with one attached hydrogen (secondary N) is 1. The van der Waals surface area contributed by atoms with Crippen LogP contribution in [0.1, 0.15) is 55.1 Å². The Morgan fingerprint density at radius 2 is 2.03 bits per heavy atom. The van der Waals surface area contributed by atoms with Crippen LogP contribution in [0.5, 0.6) is 11.5 Å². The Morgan fingerprint density at radius 1 is 1.28 bits per heavy atom. The number of rotatable bonds is 5. The molecule has 0 bridgehead atoms. The quantitative estimate of drug-likeness (QED) is 0.661. The second-order valence-corrected chi connectivity index (χ2v) is 9.00. The lowest BCUT2D eigenvalue weighted by atomic mass is 9.81. The number of benzene rings is 2. The van der Waals surface area contributed by atoms with Crippen LogP contribution in [0.25, 0.3) is 0 Å². The van der Waals surface area contributed by atoms with E-state index in [-0.39, 0.29) is 11.5 Å². The third kappa shape index (κ3) is 4.75. The van der Waals surface area contributed by atoms with Crippen LogP contribution in [0.15, 0.2) is 36.4 Å². The molecule has 0 saturated carbocycles. The van der Waals surface area contributed by atoms with E-state index >= 15 is 0 Å². The molecule has 0 unspecified atom stereocenters. The number of aliphatic hydroxyl groups excluding tert-OH is 2. The Morgan fingerprint density at radius 3 is 2.72 bits per heavy atom. The number of aliphatic hydroxyl groups is 2. The van der Waals surface area contributed by atoms with Crippen molar-refractivity contribution in [2.75, 3.05) is 32.1 Å². The number of piperidine rings is 1. The number of amides is 1. The van der Waals surface area contributed by atoms with Crippen molar-refractivity contribution in [3.05, 3.63) is 53.1 Å². The lowest BCUT2D eigenvalue weighted by Crippen LogP contribution is -2.51. The summed E-state index contributed by atoms with van der Waals surface area (Å²) in [6.07, 6.45) is 0.984. The third-order valence-electron chi connectivity index (χ3n) is 6.53. The number of anilines is 1. The number of β-amino-alcohol motifs (C(OH)–C–C–N with tert-alkyl or cyclic N) is 1. The first kappa shape index (κ1) is 22.6. The SMILES string of the molecule is COc1ccc([C@@H](O)CN2CCC3(CC2)C[C@H](O)c2cc(C)ccc2O3)cc1NC(C)=O. The first-order valence-electron chi connectivity index (χ1n) is 11.1. The van der Waals surface area contributed by atoms with Crippen LogP contribution in [-0.4, -0.2) is 53.4 Å². The largest absolute Gasteiger partial charge is 0.495 e. The zero-order chi connectivity index (χ0) is 22.9. The number of aryl methyl sites for hydroxylation is 1. The van der Waals surface area contributed by atoms with E-state index in [1.54, 1.807) is 19.2 Å². The number of ether oxygens (including phenoxy) is 2.